The smallest absolute Gasteiger partial charge is 0.138 e. The molecule has 106 valence electrons. The van der Waals surface area contributed by atoms with Crippen LogP contribution in [-0.2, 0) is 6.54 Å². The Bertz CT molecular complexity index is 805. The lowest BCUT2D eigenvalue weighted by Gasteiger charge is -2.10. The monoisotopic (exact) mass is 343 g/mol. The van der Waals surface area contributed by atoms with Gasteiger partial charge in [0.05, 0.1) is 17.7 Å². The number of aromatic hydroxyl groups is 1. The van der Waals surface area contributed by atoms with Crippen LogP contribution in [-0.4, -0.2) is 15.1 Å². The van der Waals surface area contributed by atoms with Crippen LogP contribution in [0.15, 0.2) is 47.1 Å². The van der Waals surface area contributed by atoms with E-state index < -0.39 is 0 Å². The highest BCUT2D eigenvalue weighted by Crippen LogP contribution is 2.25. The molecule has 0 spiro atoms. The second kappa shape index (κ2) is 5.69. The molecule has 0 amide bonds. The predicted octanol–water partition coefficient (Wildman–Crippen LogP) is 4.02. The van der Waals surface area contributed by atoms with Crippen molar-refractivity contribution in [3.63, 3.8) is 0 Å². The number of rotatable bonds is 3. The number of aryl methyl sites for hydroxylation is 1. The first-order valence-electron chi connectivity index (χ1n) is 6.57. The molecule has 2 heterocycles. The van der Waals surface area contributed by atoms with E-state index in [4.69, 9.17) is 0 Å². The Hall–Kier alpha value is -2.14. The Kier molecular flexibility index (Phi) is 3.75. The molecule has 0 unspecified atom stereocenters. The average Bonchev–Trinajstić information content (AvgIpc) is 2.47. The van der Waals surface area contributed by atoms with E-state index in [0.717, 1.165) is 26.8 Å². The summed E-state index contributed by atoms with van der Waals surface area (Å²) < 4.78 is 0.949. The van der Waals surface area contributed by atoms with Gasteiger partial charge in [0.2, 0.25) is 0 Å². The molecule has 3 rings (SSSR count). The summed E-state index contributed by atoms with van der Waals surface area (Å²) in [6, 6.07) is 11.4. The first kappa shape index (κ1) is 13.8. The van der Waals surface area contributed by atoms with Crippen LogP contribution < -0.4 is 5.32 Å². The summed E-state index contributed by atoms with van der Waals surface area (Å²) in [6.45, 7) is 2.35. The summed E-state index contributed by atoms with van der Waals surface area (Å²) in [5.41, 5.74) is 3.32. The number of fused-ring (bicyclic) bond motifs is 1. The average molecular weight is 344 g/mol. The van der Waals surface area contributed by atoms with Gasteiger partial charge >= 0.3 is 0 Å². The highest BCUT2D eigenvalue weighted by atomic mass is 79.9. The molecule has 0 aliphatic heterocycles. The fraction of sp³-hybridized carbons (Fsp3) is 0.125. The Balaban J connectivity index is 1.90. The van der Waals surface area contributed by atoms with Crippen molar-refractivity contribution < 1.29 is 5.11 Å². The van der Waals surface area contributed by atoms with Gasteiger partial charge < -0.3 is 10.4 Å². The van der Waals surface area contributed by atoms with Gasteiger partial charge in [-0.05, 0) is 47.1 Å². The van der Waals surface area contributed by atoms with Crippen molar-refractivity contribution in [1.29, 1.82) is 0 Å². The van der Waals surface area contributed by atoms with Crippen LogP contribution in [0.3, 0.4) is 0 Å². The summed E-state index contributed by atoms with van der Waals surface area (Å²) in [5.74, 6) is 0.198. The van der Waals surface area contributed by atoms with Crippen LogP contribution >= 0.6 is 15.9 Å². The number of aromatic nitrogens is 2. The summed E-state index contributed by atoms with van der Waals surface area (Å²) in [4.78, 5) is 8.78. The lowest BCUT2D eigenvalue weighted by atomic mass is 10.2. The first-order valence-corrected chi connectivity index (χ1v) is 7.36. The quantitative estimate of drug-likeness (QED) is 0.754. The Labute approximate surface area is 131 Å². The SMILES string of the molecule is Cc1ccc(O)c(CNc2cccc3cc(Br)cnc23)n1. The van der Waals surface area contributed by atoms with Crippen LogP contribution in [0.1, 0.15) is 11.4 Å². The standard InChI is InChI=1S/C16H14BrN3O/c1-10-5-6-15(21)14(20-10)9-18-13-4-2-3-11-7-12(17)8-19-16(11)13/h2-8,18,21H,9H2,1H3. The summed E-state index contributed by atoms with van der Waals surface area (Å²) in [6.07, 6.45) is 1.77. The number of hydrogen-bond acceptors (Lipinski definition) is 4. The molecule has 2 N–H and O–H groups in total. The number of nitrogens with one attached hydrogen (secondary N) is 1. The van der Waals surface area contributed by atoms with Crippen LogP contribution in [0.4, 0.5) is 5.69 Å². The van der Waals surface area contributed by atoms with E-state index in [1.54, 1.807) is 18.3 Å². The Morgan fingerprint density at radius 1 is 1.24 bits per heavy atom. The van der Waals surface area contributed by atoms with Crippen LogP contribution in [0.5, 0.6) is 5.75 Å². The van der Waals surface area contributed by atoms with Gasteiger partial charge in [-0.3, -0.25) is 9.97 Å². The molecule has 0 atom stereocenters. The van der Waals surface area contributed by atoms with E-state index in [0.29, 0.717) is 12.2 Å². The molecule has 0 saturated carbocycles. The van der Waals surface area contributed by atoms with E-state index in [9.17, 15) is 5.11 Å². The molecule has 0 aliphatic rings. The van der Waals surface area contributed by atoms with Crippen molar-refractivity contribution in [2.24, 2.45) is 0 Å². The fourth-order valence-electron chi connectivity index (χ4n) is 2.19. The minimum Gasteiger partial charge on any atom is -0.506 e. The maximum atomic E-state index is 9.84. The Morgan fingerprint density at radius 3 is 2.95 bits per heavy atom. The Morgan fingerprint density at radius 2 is 2.10 bits per heavy atom. The number of halogens is 1. The molecular weight excluding hydrogens is 330 g/mol. The van der Waals surface area contributed by atoms with Crippen LogP contribution in [0.25, 0.3) is 10.9 Å². The molecule has 0 fully saturated rings. The largest absolute Gasteiger partial charge is 0.506 e. The highest BCUT2D eigenvalue weighted by molar-refractivity contribution is 9.10. The van der Waals surface area contributed by atoms with E-state index >= 15 is 0 Å². The van der Waals surface area contributed by atoms with Crippen molar-refractivity contribution in [3.05, 3.63) is 58.5 Å². The van der Waals surface area contributed by atoms with Gasteiger partial charge in [0.1, 0.15) is 11.4 Å². The molecule has 0 radical (unpaired) electrons. The van der Waals surface area contributed by atoms with E-state index in [1.807, 2.05) is 31.2 Å². The number of para-hydroxylation sites is 1. The van der Waals surface area contributed by atoms with Gasteiger partial charge in [-0.2, -0.15) is 0 Å². The minimum atomic E-state index is 0.198. The topological polar surface area (TPSA) is 58.0 Å². The van der Waals surface area contributed by atoms with Gasteiger partial charge in [0.15, 0.2) is 0 Å². The van der Waals surface area contributed by atoms with Crippen LogP contribution in [0.2, 0.25) is 0 Å². The lowest BCUT2D eigenvalue weighted by Crippen LogP contribution is -2.03. The number of nitrogens with zero attached hydrogens (tertiary/aromatic N) is 2. The van der Waals surface area contributed by atoms with Gasteiger partial charge in [0.25, 0.3) is 0 Å². The van der Waals surface area contributed by atoms with Gasteiger partial charge in [-0.25, -0.2) is 0 Å². The minimum absolute atomic E-state index is 0.198. The lowest BCUT2D eigenvalue weighted by molar-refractivity contribution is 0.464. The third-order valence-corrected chi connectivity index (χ3v) is 3.65. The highest BCUT2D eigenvalue weighted by Gasteiger charge is 2.06. The molecule has 2 aromatic heterocycles. The zero-order valence-corrected chi connectivity index (χ0v) is 13.1. The van der Waals surface area contributed by atoms with Crippen LogP contribution in [0, 0.1) is 6.92 Å². The zero-order chi connectivity index (χ0) is 14.8. The third-order valence-electron chi connectivity index (χ3n) is 3.21. The first-order chi connectivity index (χ1) is 10.1. The van der Waals surface area contributed by atoms with Crippen molar-refractivity contribution >= 4 is 32.5 Å². The molecule has 0 bridgehead atoms. The van der Waals surface area contributed by atoms with Crippen molar-refractivity contribution in [1.82, 2.24) is 9.97 Å². The summed E-state index contributed by atoms with van der Waals surface area (Å²) in [5, 5.41) is 14.2. The van der Waals surface area contributed by atoms with Crippen molar-refractivity contribution in [3.8, 4) is 5.75 Å². The van der Waals surface area contributed by atoms with E-state index in [2.05, 4.69) is 31.2 Å². The maximum absolute atomic E-state index is 9.84. The third kappa shape index (κ3) is 2.97. The number of benzene rings is 1. The number of pyridine rings is 2. The van der Waals surface area contributed by atoms with E-state index in [1.165, 1.54) is 0 Å². The molecule has 4 nitrogen and oxygen atoms in total. The second-order valence-electron chi connectivity index (χ2n) is 4.80. The van der Waals surface area contributed by atoms with E-state index in [-0.39, 0.29) is 5.75 Å². The molecular formula is C16H14BrN3O. The molecule has 1 aromatic carbocycles. The van der Waals surface area contributed by atoms with Crippen molar-refractivity contribution in [2.45, 2.75) is 13.5 Å². The van der Waals surface area contributed by atoms with Crippen molar-refractivity contribution in [2.75, 3.05) is 5.32 Å². The predicted molar refractivity (Wildman–Crippen MR) is 87.4 cm³/mol. The molecule has 0 saturated heterocycles. The molecule has 3 aromatic rings. The zero-order valence-electron chi connectivity index (χ0n) is 11.5. The molecule has 5 heteroatoms. The van der Waals surface area contributed by atoms with Gasteiger partial charge in [0, 0.05) is 21.7 Å². The number of hydrogen-bond donors (Lipinski definition) is 2. The second-order valence-corrected chi connectivity index (χ2v) is 5.72. The summed E-state index contributed by atoms with van der Waals surface area (Å²) >= 11 is 3.42. The normalized spacial score (nSPS) is 10.8. The summed E-state index contributed by atoms with van der Waals surface area (Å²) in [7, 11) is 0. The maximum Gasteiger partial charge on any atom is 0.138 e. The molecule has 0 aliphatic carbocycles. The molecule has 21 heavy (non-hydrogen) atoms. The fourth-order valence-corrected chi connectivity index (χ4v) is 2.54. The number of anilines is 1. The van der Waals surface area contributed by atoms with Gasteiger partial charge in [-0.1, -0.05) is 12.1 Å². The van der Waals surface area contributed by atoms with Gasteiger partial charge in [-0.15, -0.1) is 0 Å².